The molecule has 2 aromatic heterocycles. The van der Waals surface area contributed by atoms with Gasteiger partial charge in [-0.25, -0.2) is 0 Å². The average Bonchev–Trinajstić information content (AvgIpc) is 3.26. The van der Waals surface area contributed by atoms with Gasteiger partial charge in [0.2, 0.25) is 0 Å². The van der Waals surface area contributed by atoms with Crippen LogP contribution in [0.1, 0.15) is 47.1 Å². The van der Waals surface area contributed by atoms with E-state index >= 15 is 0 Å². The summed E-state index contributed by atoms with van der Waals surface area (Å²) in [7, 11) is 0. The molecule has 0 saturated heterocycles. The fraction of sp³-hybridized carbons (Fsp3) is 0.350. The zero-order valence-electron chi connectivity index (χ0n) is 16.1. The molecule has 0 aliphatic heterocycles. The molecule has 31 heavy (non-hydrogen) atoms. The van der Waals surface area contributed by atoms with E-state index in [-0.39, 0.29) is 24.1 Å². The number of amides is 1. The molecule has 1 aliphatic carbocycles. The number of aromatic amines is 1. The van der Waals surface area contributed by atoms with E-state index in [0.29, 0.717) is 40.0 Å². The first-order chi connectivity index (χ1) is 14.7. The predicted molar refractivity (Wildman–Crippen MR) is 110 cm³/mol. The van der Waals surface area contributed by atoms with E-state index in [9.17, 15) is 18.0 Å². The van der Waals surface area contributed by atoms with E-state index in [1.807, 2.05) is 0 Å². The number of H-pyrrole nitrogens is 1. The summed E-state index contributed by atoms with van der Waals surface area (Å²) in [6.07, 6.45) is -2.27. The molecule has 0 bridgehead atoms. The van der Waals surface area contributed by atoms with Crippen molar-refractivity contribution in [2.24, 2.45) is 0 Å². The summed E-state index contributed by atoms with van der Waals surface area (Å²) >= 11 is 11.9. The molecule has 6 nitrogen and oxygen atoms in total. The summed E-state index contributed by atoms with van der Waals surface area (Å²) in [5, 5.41) is 14.0. The number of hydrogen-bond acceptors (Lipinski definition) is 3. The highest BCUT2D eigenvalue weighted by Crippen LogP contribution is 2.42. The Labute approximate surface area is 185 Å². The molecular formula is C20H18Cl2F3N5O. The SMILES string of the molecule is O=C(NCCCn1nc(C(F)(F)F)cc1C1CC1)c1cc(-c2ccc(Cl)c(Cl)c2)n[nH]1. The number of carbonyl (C=O) groups is 1. The lowest BCUT2D eigenvalue weighted by Crippen LogP contribution is -2.25. The summed E-state index contributed by atoms with van der Waals surface area (Å²) in [5.41, 5.74) is 1.24. The van der Waals surface area contributed by atoms with Gasteiger partial charge in [0.1, 0.15) is 5.69 Å². The first-order valence-electron chi connectivity index (χ1n) is 9.66. The molecule has 164 valence electrons. The lowest BCUT2D eigenvalue weighted by Gasteiger charge is -2.07. The van der Waals surface area contributed by atoms with Gasteiger partial charge in [0, 0.05) is 30.3 Å². The van der Waals surface area contributed by atoms with Gasteiger partial charge in [0.05, 0.1) is 15.7 Å². The Morgan fingerprint density at radius 3 is 2.65 bits per heavy atom. The predicted octanol–water partition coefficient (Wildman–Crippen LogP) is 5.30. The molecule has 1 fully saturated rings. The number of alkyl halides is 3. The Hall–Kier alpha value is -2.52. The van der Waals surface area contributed by atoms with E-state index in [0.717, 1.165) is 18.9 Å². The highest BCUT2D eigenvalue weighted by atomic mass is 35.5. The monoisotopic (exact) mass is 471 g/mol. The molecule has 0 unspecified atom stereocenters. The van der Waals surface area contributed by atoms with Crippen molar-refractivity contribution in [1.82, 2.24) is 25.3 Å². The van der Waals surface area contributed by atoms with Gasteiger partial charge in [-0.3, -0.25) is 14.6 Å². The third-order valence-electron chi connectivity index (χ3n) is 4.97. The van der Waals surface area contributed by atoms with Crippen molar-refractivity contribution in [3.8, 4) is 11.3 Å². The number of nitrogens with zero attached hydrogens (tertiary/aromatic N) is 3. The Kier molecular flexibility index (Phi) is 5.98. The topological polar surface area (TPSA) is 75.6 Å². The van der Waals surface area contributed by atoms with E-state index in [1.165, 1.54) is 4.68 Å². The van der Waals surface area contributed by atoms with Crippen LogP contribution in [-0.4, -0.2) is 32.4 Å². The summed E-state index contributed by atoms with van der Waals surface area (Å²) in [6.45, 7) is 0.574. The normalized spacial score (nSPS) is 14.1. The number of nitrogens with one attached hydrogen (secondary N) is 2. The molecular weight excluding hydrogens is 454 g/mol. The van der Waals surface area contributed by atoms with Crippen LogP contribution in [0.3, 0.4) is 0 Å². The lowest BCUT2D eigenvalue weighted by atomic mass is 10.1. The van der Waals surface area contributed by atoms with Crippen LogP contribution < -0.4 is 5.32 Å². The van der Waals surface area contributed by atoms with Crippen LogP contribution >= 0.6 is 23.2 Å². The second-order valence-electron chi connectivity index (χ2n) is 7.35. The molecule has 1 aromatic carbocycles. The van der Waals surface area contributed by atoms with Crippen molar-refractivity contribution in [2.45, 2.75) is 37.9 Å². The Morgan fingerprint density at radius 2 is 1.97 bits per heavy atom. The molecule has 4 rings (SSSR count). The smallest absolute Gasteiger partial charge is 0.351 e. The van der Waals surface area contributed by atoms with Crippen molar-refractivity contribution in [3.63, 3.8) is 0 Å². The molecule has 11 heteroatoms. The van der Waals surface area contributed by atoms with Gasteiger partial charge >= 0.3 is 6.18 Å². The number of hydrogen-bond donors (Lipinski definition) is 2. The number of halogens is 5. The second kappa shape index (κ2) is 8.55. The maximum absolute atomic E-state index is 13.0. The van der Waals surface area contributed by atoms with Crippen LogP contribution in [0, 0.1) is 0 Å². The minimum absolute atomic E-state index is 0.142. The standard InChI is InChI=1S/C20H18Cl2F3N5O/c21-13-5-4-12(8-14(13)22)15-9-16(28-27-15)19(31)26-6-1-7-30-17(11-2-3-11)10-18(29-30)20(23,24)25/h4-5,8-11H,1-3,6-7H2,(H,26,31)(H,27,28). The molecule has 2 heterocycles. The highest BCUT2D eigenvalue weighted by molar-refractivity contribution is 6.42. The van der Waals surface area contributed by atoms with Crippen LogP contribution in [0.15, 0.2) is 30.3 Å². The van der Waals surface area contributed by atoms with Gasteiger partial charge in [-0.2, -0.15) is 23.4 Å². The zero-order valence-corrected chi connectivity index (χ0v) is 17.7. The quantitative estimate of drug-likeness (QED) is 0.459. The van der Waals surface area contributed by atoms with Crippen LogP contribution in [0.25, 0.3) is 11.3 Å². The average molecular weight is 472 g/mol. The Balaban J connectivity index is 1.33. The van der Waals surface area contributed by atoms with Gasteiger partial charge in [0.15, 0.2) is 5.69 Å². The summed E-state index contributed by atoms with van der Waals surface area (Å²) < 4.78 is 40.3. The second-order valence-corrected chi connectivity index (χ2v) is 8.17. The van der Waals surface area contributed by atoms with E-state index in [4.69, 9.17) is 23.2 Å². The third kappa shape index (κ3) is 5.04. The summed E-state index contributed by atoms with van der Waals surface area (Å²) in [5.74, 6) is -0.222. The first-order valence-corrected chi connectivity index (χ1v) is 10.4. The third-order valence-corrected chi connectivity index (χ3v) is 5.71. The number of benzene rings is 1. The Morgan fingerprint density at radius 1 is 1.19 bits per heavy atom. The molecule has 0 spiro atoms. The van der Waals surface area contributed by atoms with Crippen molar-refractivity contribution in [1.29, 1.82) is 0 Å². The van der Waals surface area contributed by atoms with Crippen molar-refractivity contribution >= 4 is 29.1 Å². The zero-order chi connectivity index (χ0) is 22.2. The van der Waals surface area contributed by atoms with E-state index in [2.05, 4.69) is 20.6 Å². The van der Waals surface area contributed by atoms with Gasteiger partial charge in [-0.1, -0.05) is 29.3 Å². The fourth-order valence-electron chi connectivity index (χ4n) is 3.22. The molecule has 3 aromatic rings. The van der Waals surface area contributed by atoms with Crippen molar-refractivity contribution in [2.75, 3.05) is 6.54 Å². The van der Waals surface area contributed by atoms with E-state index in [1.54, 1.807) is 24.3 Å². The highest BCUT2D eigenvalue weighted by Gasteiger charge is 2.37. The van der Waals surface area contributed by atoms with E-state index < -0.39 is 11.9 Å². The van der Waals surface area contributed by atoms with Gasteiger partial charge in [-0.05, 0) is 43.5 Å². The van der Waals surface area contributed by atoms with Gasteiger partial charge in [0.25, 0.3) is 5.91 Å². The van der Waals surface area contributed by atoms with Crippen molar-refractivity contribution in [3.05, 3.63) is 57.5 Å². The maximum atomic E-state index is 13.0. The van der Waals surface area contributed by atoms with Crippen LogP contribution in [-0.2, 0) is 12.7 Å². The Bertz CT molecular complexity index is 1100. The summed E-state index contributed by atoms with van der Waals surface area (Å²) in [4.78, 5) is 12.3. The molecule has 1 aliphatic rings. The number of aromatic nitrogens is 4. The largest absolute Gasteiger partial charge is 0.435 e. The molecule has 2 N–H and O–H groups in total. The van der Waals surface area contributed by atoms with Crippen LogP contribution in [0.5, 0.6) is 0 Å². The van der Waals surface area contributed by atoms with Crippen molar-refractivity contribution < 1.29 is 18.0 Å². The first kappa shape index (κ1) is 21.7. The number of carbonyl (C=O) groups excluding carboxylic acids is 1. The number of aryl methyl sites for hydroxylation is 1. The maximum Gasteiger partial charge on any atom is 0.435 e. The molecule has 1 amide bonds. The molecule has 0 radical (unpaired) electrons. The number of rotatable bonds is 7. The fourth-order valence-corrected chi connectivity index (χ4v) is 3.52. The van der Waals surface area contributed by atoms with Crippen LogP contribution in [0.2, 0.25) is 10.0 Å². The molecule has 1 saturated carbocycles. The summed E-state index contributed by atoms with van der Waals surface area (Å²) in [6, 6.07) is 7.75. The van der Waals surface area contributed by atoms with Gasteiger partial charge < -0.3 is 5.32 Å². The molecule has 0 atom stereocenters. The van der Waals surface area contributed by atoms with Gasteiger partial charge in [-0.15, -0.1) is 0 Å². The minimum Gasteiger partial charge on any atom is -0.351 e. The van der Waals surface area contributed by atoms with Crippen LogP contribution in [0.4, 0.5) is 13.2 Å². The lowest BCUT2D eigenvalue weighted by molar-refractivity contribution is -0.141. The minimum atomic E-state index is -4.46.